The number of nitrogens with zero attached hydrogens (tertiary/aromatic N) is 1. The molecule has 0 aromatic heterocycles. The number of amides is 5. The molecule has 0 radical (unpaired) electrons. The molecule has 5 amide bonds. The molecule has 1 aliphatic heterocycles. The molecule has 5 atom stereocenters. The van der Waals surface area contributed by atoms with E-state index in [9.17, 15) is 32.4 Å². The summed E-state index contributed by atoms with van der Waals surface area (Å²) in [5.41, 5.74) is -1.92. The molecule has 0 aromatic carbocycles. The van der Waals surface area contributed by atoms with Crippen LogP contribution >= 0.6 is 0 Å². The molecule has 13 heteroatoms. The number of hydrogen-bond donors (Lipinski definition) is 4. The minimum absolute atomic E-state index is 0.0585. The normalized spacial score (nSPS) is 25.6. The molecule has 3 saturated carbocycles. The van der Waals surface area contributed by atoms with Gasteiger partial charge in [-0.25, -0.2) is 13.2 Å². The zero-order valence-electron chi connectivity index (χ0n) is 30.7. The number of sulfone groups is 1. The molecule has 2 unspecified atom stereocenters. The Kier molecular flexibility index (Phi) is 11.1. The van der Waals surface area contributed by atoms with Crippen LogP contribution in [0.2, 0.25) is 0 Å². The topological polar surface area (TPSA) is 171 Å². The Bertz CT molecular complexity index is 1430. The third kappa shape index (κ3) is 8.68. The van der Waals surface area contributed by atoms with E-state index in [1.165, 1.54) is 11.0 Å². The molecule has 3 aliphatic carbocycles. The van der Waals surface area contributed by atoms with Crippen molar-refractivity contribution in [2.24, 2.45) is 28.6 Å². The number of carbonyl (C=O) groups is 5. The highest BCUT2D eigenvalue weighted by Gasteiger charge is 2.70. The van der Waals surface area contributed by atoms with Gasteiger partial charge in [-0.05, 0) is 68.6 Å². The maximum absolute atomic E-state index is 14.5. The van der Waals surface area contributed by atoms with Crippen LogP contribution in [-0.4, -0.2) is 90.1 Å². The van der Waals surface area contributed by atoms with Crippen molar-refractivity contribution in [2.75, 3.05) is 18.8 Å². The molecule has 1 saturated heterocycles. The first-order valence-corrected chi connectivity index (χ1v) is 19.5. The molecule has 1 heterocycles. The van der Waals surface area contributed by atoms with Gasteiger partial charge in [0.25, 0.3) is 5.91 Å². The summed E-state index contributed by atoms with van der Waals surface area (Å²) in [6.45, 7) is 18.6. The zero-order chi connectivity index (χ0) is 36.7. The number of fused-ring (bicyclic) bond motifs is 1. The molecule has 276 valence electrons. The molecule has 4 N–H and O–H groups in total. The number of nitrogens with one attached hydrogen (secondary N) is 4. The maximum atomic E-state index is 14.5. The molecule has 4 fully saturated rings. The summed E-state index contributed by atoms with van der Waals surface area (Å²) in [6, 6.07) is -3.54. The third-order valence-corrected chi connectivity index (χ3v) is 14.1. The lowest BCUT2D eigenvalue weighted by Gasteiger charge is -2.41. The van der Waals surface area contributed by atoms with Crippen LogP contribution in [0, 0.1) is 28.6 Å². The van der Waals surface area contributed by atoms with Crippen LogP contribution in [0.5, 0.6) is 0 Å². The molecule has 49 heavy (non-hydrogen) atoms. The Balaban J connectivity index is 1.55. The summed E-state index contributed by atoms with van der Waals surface area (Å²) >= 11 is 0. The van der Waals surface area contributed by atoms with Crippen molar-refractivity contribution in [3.8, 4) is 0 Å². The Morgan fingerprint density at radius 3 is 2.10 bits per heavy atom. The van der Waals surface area contributed by atoms with E-state index in [0.717, 1.165) is 32.1 Å². The number of ketones is 1. The summed E-state index contributed by atoms with van der Waals surface area (Å²) in [5, 5.41) is 11.2. The number of hydrogen-bond acceptors (Lipinski definition) is 7. The second kappa shape index (κ2) is 14.0. The van der Waals surface area contributed by atoms with Crippen LogP contribution in [0.3, 0.4) is 0 Å². The third-order valence-electron chi connectivity index (χ3n) is 11.3. The highest BCUT2D eigenvalue weighted by molar-refractivity contribution is 7.92. The predicted octanol–water partition coefficient (Wildman–Crippen LogP) is 3.26. The highest BCUT2D eigenvalue weighted by Crippen LogP contribution is 2.65. The monoisotopic (exact) mass is 705 g/mol. The highest BCUT2D eigenvalue weighted by atomic mass is 32.2. The van der Waals surface area contributed by atoms with Crippen molar-refractivity contribution in [1.82, 2.24) is 26.2 Å². The van der Waals surface area contributed by atoms with Gasteiger partial charge in [-0.2, -0.15) is 0 Å². The quantitative estimate of drug-likeness (QED) is 0.168. The molecule has 4 rings (SSSR count). The van der Waals surface area contributed by atoms with E-state index in [2.05, 4.69) is 41.7 Å². The van der Waals surface area contributed by atoms with E-state index >= 15 is 0 Å². The Morgan fingerprint density at radius 1 is 0.959 bits per heavy atom. The smallest absolute Gasteiger partial charge is 0.315 e. The summed E-state index contributed by atoms with van der Waals surface area (Å²) in [6.07, 6.45) is 7.21. The summed E-state index contributed by atoms with van der Waals surface area (Å²) in [7, 11) is -3.56. The minimum Gasteiger partial charge on any atom is -0.346 e. The fourth-order valence-electron chi connectivity index (χ4n) is 7.74. The lowest BCUT2D eigenvalue weighted by molar-refractivity contribution is -0.145. The zero-order valence-corrected chi connectivity index (χ0v) is 31.6. The Hall–Kier alpha value is -2.96. The van der Waals surface area contributed by atoms with Gasteiger partial charge in [0.15, 0.2) is 9.84 Å². The molecular formula is C36H59N5O7S. The van der Waals surface area contributed by atoms with Crippen LogP contribution in [0.15, 0.2) is 12.7 Å². The van der Waals surface area contributed by atoms with E-state index in [1.807, 2.05) is 20.8 Å². The van der Waals surface area contributed by atoms with Gasteiger partial charge in [0.2, 0.25) is 17.6 Å². The summed E-state index contributed by atoms with van der Waals surface area (Å²) in [5.74, 6) is -2.44. The standard InChI is InChI=1S/C36H59N5O7S/c1-10-18-37-30(44)27(42)24(19-22-14-15-22)38-29(43)26-25-23(35(25,8)9)20-41(26)31(45)28(33(2,3)4)39-32(46)40-36(16-12-11-13-17-36)21-49(47,48)34(5,6)7/h10,22-26,28H,1,11-21H2,2-9H3,(H,37,44)(H,38,43)(H2,39,40,46)/t23-,24-,25?,26?,28+/m0/s1. The average molecular weight is 706 g/mol. The van der Waals surface area contributed by atoms with Crippen LogP contribution < -0.4 is 21.3 Å². The average Bonchev–Trinajstić information content (AvgIpc) is 3.84. The summed E-state index contributed by atoms with van der Waals surface area (Å²) in [4.78, 5) is 69.6. The van der Waals surface area contributed by atoms with Gasteiger partial charge >= 0.3 is 6.03 Å². The Morgan fingerprint density at radius 2 is 1.57 bits per heavy atom. The number of likely N-dealkylation sites (tertiary alicyclic amines) is 1. The summed E-state index contributed by atoms with van der Waals surface area (Å²) < 4.78 is 25.6. The van der Waals surface area contributed by atoms with Gasteiger partial charge in [-0.3, -0.25) is 19.2 Å². The number of Topliss-reactive ketones (excluding diaryl/α,β-unsaturated/α-hetero) is 1. The van der Waals surface area contributed by atoms with Crippen molar-refractivity contribution in [3.05, 3.63) is 12.7 Å². The van der Waals surface area contributed by atoms with Crippen molar-refractivity contribution < 1.29 is 32.4 Å². The second-order valence-electron chi connectivity index (χ2n) is 17.6. The van der Waals surface area contributed by atoms with E-state index in [1.54, 1.807) is 20.8 Å². The molecular weight excluding hydrogens is 646 g/mol. The van der Waals surface area contributed by atoms with E-state index in [-0.39, 0.29) is 35.5 Å². The van der Waals surface area contributed by atoms with Gasteiger partial charge in [0.05, 0.1) is 22.1 Å². The number of rotatable bonds is 13. The Labute approximate surface area is 292 Å². The first-order valence-electron chi connectivity index (χ1n) is 17.9. The lowest BCUT2D eigenvalue weighted by atomic mass is 9.83. The lowest BCUT2D eigenvalue weighted by Crippen LogP contribution is -2.64. The predicted molar refractivity (Wildman–Crippen MR) is 188 cm³/mol. The van der Waals surface area contributed by atoms with Crippen LogP contribution in [-0.2, 0) is 29.0 Å². The first-order chi connectivity index (χ1) is 22.5. The molecule has 4 aliphatic rings. The SMILES string of the molecule is C=CCNC(=O)C(=O)[C@H](CC1CC1)NC(=O)C1C2[C@H](CN1C(=O)[C@@H](NC(=O)NC1(CS(=O)(=O)C(C)(C)C)CCCCC1)C(C)(C)C)C2(C)C. The maximum Gasteiger partial charge on any atom is 0.315 e. The minimum atomic E-state index is -3.56. The van der Waals surface area contributed by atoms with Gasteiger partial charge in [0, 0.05) is 13.1 Å². The van der Waals surface area contributed by atoms with Gasteiger partial charge in [-0.15, -0.1) is 6.58 Å². The number of piperidine rings is 1. The second-order valence-corrected chi connectivity index (χ2v) is 20.3. The number of urea groups is 1. The molecule has 0 bridgehead atoms. The van der Waals surface area contributed by atoms with Crippen molar-refractivity contribution in [1.29, 1.82) is 0 Å². The fourth-order valence-corrected chi connectivity index (χ4v) is 9.26. The van der Waals surface area contributed by atoms with E-state index in [0.29, 0.717) is 25.8 Å². The van der Waals surface area contributed by atoms with E-state index < -0.39 is 73.2 Å². The van der Waals surface area contributed by atoms with Crippen LogP contribution in [0.1, 0.15) is 107 Å². The van der Waals surface area contributed by atoms with Gasteiger partial charge in [-0.1, -0.05) is 72.8 Å². The molecule has 0 spiro atoms. The van der Waals surface area contributed by atoms with Crippen LogP contribution in [0.25, 0.3) is 0 Å². The van der Waals surface area contributed by atoms with Crippen LogP contribution in [0.4, 0.5) is 4.79 Å². The molecule has 0 aromatic rings. The first kappa shape index (κ1) is 38.8. The van der Waals surface area contributed by atoms with E-state index in [4.69, 9.17) is 0 Å². The molecule has 12 nitrogen and oxygen atoms in total. The van der Waals surface area contributed by atoms with Crippen molar-refractivity contribution in [2.45, 2.75) is 135 Å². The van der Waals surface area contributed by atoms with Gasteiger partial charge in [0.1, 0.15) is 12.1 Å². The van der Waals surface area contributed by atoms with Gasteiger partial charge < -0.3 is 26.2 Å². The van der Waals surface area contributed by atoms with Crippen molar-refractivity contribution >= 4 is 39.4 Å². The number of carbonyl (C=O) groups excluding carboxylic acids is 5. The fraction of sp³-hybridized carbons (Fsp3) is 0.806. The van der Waals surface area contributed by atoms with Crippen molar-refractivity contribution in [3.63, 3.8) is 0 Å². The largest absolute Gasteiger partial charge is 0.346 e.